The van der Waals surface area contributed by atoms with Gasteiger partial charge in [-0.05, 0) is 50.5 Å². The third-order valence-corrected chi connectivity index (χ3v) is 3.70. The smallest absolute Gasteiger partial charge is 0.410 e. The van der Waals surface area contributed by atoms with Gasteiger partial charge in [0.15, 0.2) is 0 Å². The number of methoxy groups -OCH3 is 1. The molecule has 1 fully saturated rings. The molecule has 5 heteroatoms. The number of hydrogen-bond acceptors (Lipinski definition) is 4. The van der Waals surface area contributed by atoms with Crippen LogP contribution in [0.2, 0.25) is 0 Å². The van der Waals surface area contributed by atoms with Crippen LogP contribution in [-0.2, 0) is 16.8 Å². The van der Waals surface area contributed by atoms with Gasteiger partial charge in [-0.3, -0.25) is 0 Å². The maximum absolute atomic E-state index is 12.0. The molecule has 22 heavy (non-hydrogen) atoms. The summed E-state index contributed by atoms with van der Waals surface area (Å²) in [5, 5.41) is 10.7. The molecule has 1 aliphatic heterocycles. The Balaban J connectivity index is 2.10. The van der Waals surface area contributed by atoms with Crippen molar-refractivity contribution < 1.29 is 19.4 Å². The normalized spacial score (nSPS) is 16.9. The second kappa shape index (κ2) is 5.80. The van der Waals surface area contributed by atoms with Gasteiger partial charge in [0.25, 0.3) is 0 Å². The predicted molar refractivity (Wildman–Crippen MR) is 84.1 cm³/mol. The second-order valence-electron chi connectivity index (χ2n) is 6.79. The lowest BCUT2D eigenvalue weighted by atomic mass is 9.85. The van der Waals surface area contributed by atoms with Crippen molar-refractivity contribution in [3.05, 3.63) is 29.3 Å². The number of carbonyl (C=O) groups excluding carboxylic acids is 1. The summed E-state index contributed by atoms with van der Waals surface area (Å²) in [4.78, 5) is 13.5. The molecule has 1 heterocycles. The number of aryl methyl sites for hydroxylation is 1. The average molecular weight is 307 g/mol. The van der Waals surface area contributed by atoms with Crippen LogP contribution in [0.3, 0.4) is 0 Å². The number of benzene rings is 1. The molecule has 1 aliphatic rings. The topological polar surface area (TPSA) is 59.0 Å². The molecule has 0 spiro atoms. The summed E-state index contributed by atoms with van der Waals surface area (Å²) in [6.45, 7) is 8.00. The Bertz CT molecular complexity index is 534. The minimum absolute atomic E-state index is 0.234. The number of amides is 1. The van der Waals surface area contributed by atoms with Crippen LogP contribution in [0, 0.1) is 0 Å². The first-order chi connectivity index (χ1) is 10.2. The number of β-amino-alcohol motifs (C(OH)–C–C–N with tert-alkyl or cyclic N) is 1. The molecule has 1 aromatic rings. The zero-order valence-electron chi connectivity index (χ0n) is 14.0. The van der Waals surface area contributed by atoms with Crippen molar-refractivity contribution in [1.82, 2.24) is 4.90 Å². The lowest BCUT2D eigenvalue weighted by molar-refractivity contribution is -0.103. The molecule has 0 saturated carbocycles. The Kier molecular flexibility index (Phi) is 4.38. The Morgan fingerprint density at radius 3 is 2.45 bits per heavy atom. The monoisotopic (exact) mass is 307 g/mol. The minimum Gasteiger partial charge on any atom is -0.497 e. The Morgan fingerprint density at radius 2 is 1.95 bits per heavy atom. The zero-order chi connectivity index (χ0) is 16.5. The van der Waals surface area contributed by atoms with Crippen LogP contribution in [0.4, 0.5) is 4.79 Å². The first kappa shape index (κ1) is 16.6. The molecule has 5 nitrogen and oxygen atoms in total. The molecule has 1 aromatic carbocycles. The highest BCUT2D eigenvalue weighted by molar-refractivity contribution is 5.70. The number of aliphatic hydroxyl groups is 1. The SMILES string of the molecule is CCc1cc(OC)cc(C2(O)CN(C(=O)OC(C)(C)C)C2)c1. The molecule has 2 rings (SSSR count). The fraction of sp³-hybridized carbons (Fsp3) is 0.588. The van der Waals surface area contributed by atoms with E-state index in [1.165, 1.54) is 4.90 Å². The van der Waals surface area contributed by atoms with Gasteiger partial charge >= 0.3 is 6.09 Å². The first-order valence-corrected chi connectivity index (χ1v) is 7.55. The zero-order valence-corrected chi connectivity index (χ0v) is 14.0. The van der Waals surface area contributed by atoms with Gasteiger partial charge in [-0.1, -0.05) is 13.0 Å². The molecule has 0 unspecified atom stereocenters. The number of likely N-dealkylation sites (tertiary alicyclic amines) is 1. The third kappa shape index (κ3) is 3.53. The maximum Gasteiger partial charge on any atom is 0.410 e. The molecule has 122 valence electrons. The van der Waals surface area contributed by atoms with E-state index in [9.17, 15) is 9.90 Å². The predicted octanol–water partition coefficient (Wildman–Crippen LogP) is 2.70. The fourth-order valence-electron chi connectivity index (χ4n) is 2.47. The van der Waals surface area contributed by atoms with E-state index >= 15 is 0 Å². The molecule has 1 amide bonds. The fourth-order valence-corrected chi connectivity index (χ4v) is 2.47. The van der Waals surface area contributed by atoms with E-state index in [0.717, 1.165) is 23.3 Å². The summed E-state index contributed by atoms with van der Waals surface area (Å²) in [6, 6.07) is 5.75. The summed E-state index contributed by atoms with van der Waals surface area (Å²) < 4.78 is 10.6. The minimum atomic E-state index is -1.03. The Labute approximate surface area is 131 Å². The van der Waals surface area contributed by atoms with E-state index in [0.29, 0.717) is 0 Å². The van der Waals surface area contributed by atoms with Gasteiger partial charge in [-0.15, -0.1) is 0 Å². The van der Waals surface area contributed by atoms with Crippen molar-refractivity contribution in [2.75, 3.05) is 20.2 Å². The van der Waals surface area contributed by atoms with Crippen LogP contribution in [0.5, 0.6) is 5.75 Å². The van der Waals surface area contributed by atoms with Gasteiger partial charge < -0.3 is 19.5 Å². The van der Waals surface area contributed by atoms with Gasteiger partial charge in [0.1, 0.15) is 17.0 Å². The quantitative estimate of drug-likeness (QED) is 0.933. The van der Waals surface area contributed by atoms with Crippen molar-refractivity contribution in [1.29, 1.82) is 0 Å². The highest BCUT2D eigenvalue weighted by atomic mass is 16.6. The highest BCUT2D eigenvalue weighted by Crippen LogP contribution is 2.35. The number of hydrogen-bond donors (Lipinski definition) is 1. The molecule has 1 saturated heterocycles. The van der Waals surface area contributed by atoms with Gasteiger partial charge in [0.05, 0.1) is 20.2 Å². The van der Waals surface area contributed by atoms with E-state index in [2.05, 4.69) is 6.92 Å². The van der Waals surface area contributed by atoms with Gasteiger partial charge in [0.2, 0.25) is 0 Å². The van der Waals surface area contributed by atoms with Crippen LogP contribution in [0.25, 0.3) is 0 Å². The van der Waals surface area contributed by atoms with Crippen LogP contribution in [0.1, 0.15) is 38.8 Å². The molecular formula is C17H25NO4. The lowest BCUT2D eigenvalue weighted by Gasteiger charge is -2.46. The van der Waals surface area contributed by atoms with Crippen molar-refractivity contribution in [2.24, 2.45) is 0 Å². The van der Waals surface area contributed by atoms with E-state index in [1.54, 1.807) is 7.11 Å². The molecular weight excluding hydrogens is 282 g/mol. The largest absolute Gasteiger partial charge is 0.497 e. The molecule has 0 aliphatic carbocycles. The molecule has 0 atom stereocenters. The van der Waals surface area contributed by atoms with Gasteiger partial charge in [-0.25, -0.2) is 4.79 Å². The number of nitrogens with zero attached hydrogens (tertiary/aromatic N) is 1. The van der Waals surface area contributed by atoms with Crippen LogP contribution >= 0.6 is 0 Å². The van der Waals surface area contributed by atoms with Crippen molar-refractivity contribution >= 4 is 6.09 Å². The van der Waals surface area contributed by atoms with Crippen LogP contribution in [0.15, 0.2) is 18.2 Å². The molecule has 0 radical (unpaired) electrons. The molecule has 0 aromatic heterocycles. The molecule has 1 N–H and O–H groups in total. The lowest BCUT2D eigenvalue weighted by Crippen LogP contribution is -2.61. The Hall–Kier alpha value is -1.75. The van der Waals surface area contributed by atoms with E-state index in [4.69, 9.17) is 9.47 Å². The summed E-state index contributed by atoms with van der Waals surface area (Å²) in [5.41, 5.74) is 0.313. The summed E-state index contributed by atoms with van der Waals surface area (Å²) in [6.07, 6.45) is 0.464. The van der Waals surface area contributed by atoms with Gasteiger partial charge in [0, 0.05) is 0 Å². The number of ether oxygens (including phenoxy) is 2. The number of rotatable bonds is 3. The second-order valence-corrected chi connectivity index (χ2v) is 6.79. The number of carbonyl (C=O) groups is 1. The highest BCUT2D eigenvalue weighted by Gasteiger charge is 2.46. The third-order valence-electron chi connectivity index (χ3n) is 3.70. The van der Waals surface area contributed by atoms with E-state index in [-0.39, 0.29) is 13.1 Å². The maximum atomic E-state index is 12.0. The summed E-state index contributed by atoms with van der Waals surface area (Å²) in [7, 11) is 1.61. The van der Waals surface area contributed by atoms with Crippen LogP contribution in [-0.4, -0.2) is 41.9 Å². The first-order valence-electron chi connectivity index (χ1n) is 7.55. The van der Waals surface area contributed by atoms with Gasteiger partial charge in [-0.2, -0.15) is 0 Å². The van der Waals surface area contributed by atoms with Crippen molar-refractivity contribution in [3.8, 4) is 5.75 Å². The van der Waals surface area contributed by atoms with Crippen molar-refractivity contribution in [2.45, 2.75) is 45.3 Å². The van der Waals surface area contributed by atoms with E-state index in [1.807, 2.05) is 39.0 Å². The molecule has 0 bridgehead atoms. The van der Waals surface area contributed by atoms with E-state index < -0.39 is 17.3 Å². The van der Waals surface area contributed by atoms with Crippen LogP contribution < -0.4 is 4.74 Å². The Morgan fingerprint density at radius 1 is 1.32 bits per heavy atom. The standard InChI is InChI=1S/C17H25NO4/c1-6-12-7-13(9-14(8-12)21-5)17(20)10-18(11-17)15(19)22-16(2,3)4/h7-9,20H,6,10-11H2,1-5H3. The summed E-state index contributed by atoms with van der Waals surface area (Å²) in [5.74, 6) is 0.721. The van der Waals surface area contributed by atoms with Crippen molar-refractivity contribution in [3.63, 3.8) is 0 Å². The summed E-state index contributed by atoms with van der Waals surface area (Å²) >= 11 is 0. The average Bonchev–Trinajstić information content (AvgIpc) is 2.41.